The van der Waals surface area contributed by atoms with Gasteiger partial charge < -0.3 is 10.4 Å². The Bertz CT molecular complexity index is 863. The lowest BCUT2D eigenvalue weighted by molar-refractivity contribution is -0.115. The first kappa shape index (κ1) is 15.2. The van der Waals surface area contributed by atoms with Crippen molar-refractivity contribution in [3.8, 4) is 11.3 Å². The molecule has 0 atom stereocenters. The molecule has 2 aromatic rings. The molecule has 1 aliphatic heterocycles. The molecule has 2 heterocycles. The van der Waals surface area contributed by atoms with Crippen LogP contribution in [-0.4, -0.2) is 33.1 Å². The zero-order chi connectivity index (χ0) is 17.1. The number of benzene rings is 1. The van der Waals surface area contributed by atoms with Crippen molar-refractivity contribution in [1.82, 2.24) is 20.6 Å². The van der Waals surface area contributed by atoms with Gasteiger partial charge >= 0.3 is 12.1 Å². The summed E-state index contributed by atoms with van der Waals surface area (Å²) in [5, 5.41) is 15.6. The van der Waals surface area contributed by atoms with E-state index in [0.29, 0.717) is 11.3 Å². The molecule has 120 valence electrons. The highest BCUT2D eigenvalue weighted by atomic mass is 16.4. The average molecular weight is 325 g/mol. The maximum Gasteiger partial charge on any atom is 0.409 e. The predicted molar refractivity (Wildman–Crippen MR) is 83.8 cm³/mol. The molecule has 4 amide bonds. The lowest BCUT2D eigenvalue weighted by Crippen LogP contribution is -2.22. The molecular weight excluding hydrogens is 314 g/mol. The van der Waals surface area contributed by atoms with Gasteiger partial charge in [0.1, 0.15) is 5.70 Å². The highest BCUT2D eigenvalue weighted by Gasteiger charge is 2.23. The molecule has 1 aromatic carbocycles. The minimum Gasteiger partial charge on any atom is -0.465 e. The van der Waals surface area contributed by atoms with Gasteiger partial charge in [-0.15, -0.1) is 0 Å². The standard InChI is InChI=1S/C15H11N5O4/c21-13-9(17-14(22)20-13)6-11-16-7-10(18-15(23)24)12(19-11)8-4-2-1-3-5-8/h1-7,18H,(H,23,24)(H2,17,20,21,22). The topological polar surface area (TPSA) is 133 Å². The smallest absolute Gasteiger partial charge is 0.409 e. The highest BCUT2D eigenvalue weighted by molar-refractivity contribution is 6.13. The third-order valence-corrected chi connectivity index (χ3v) is 3.09. The van der Waals surface area contributed by atoms with E-state index in [2.05, 4.69) is 25.9 Å². The molecule has 0 saturated carbocycles. The summed E-state index contributed by atoms with van der Waals surface area (Å²) in [5.41, 5.74) is 1.24. The van der Waals surface area contributed by atoms with Gasteiger partial charge in [-0.2, -0.15) is 0 Å². The summed E-state index contributed by atoms with van der Waals surface area (Å²) in [4.78, 5) is 41.9. The van der Waals surface area contributed by atoms with Crippen LogP contribution in [0.1, 0.15) is 5.82 Å². The minimum atomic E-state index is -1.25. The third kappa shape index (κ3) is 3.19. The van der Waals surface area contributed by atoms with Crippen molar-refractivity contribution in [2.45, 2.75) is 0 Å². The van der Waals surface area contributed by atoms with E-state index in [1.165, 1.54) is 12.3 Å². The number of nitrogens with zero attached hydrogens (tertiary/aromatic N) is 2. The van der Waals surface area contributed by atoms with Crippen LogP contribution < -0.4 is 16.0 Å². The minimum absolute atomic E-state index is 0.0120. The molecule has 9 nitrogen and oxygen atoms in total. The molecular formula is C15H11N5O4. The Balaban J connectivity index is 2.04. The number of hydrogen-bond donors (Lipinski definition) is 4. The van der Waals surface area contributed by atoms with Crippen LogP contribution in [0, 0.1) is 0 Å². The lowest BCUT2D eigenvalue weighted by atomic mass is 10.1. The molecule has 1 aromatic heterocycles. The van der Waals surface area contributed by atoms with E-state index in [9.17, 15) is 14.4 Å². The van der Waals surface area contributed by atoms with Crippen molar-refractivity contribution in [2.24, 2.45) is 0 Å². The number of rotatable bonds is 3. The monoisotopic (exact) mass is 325 g/mol. The Morgan fingerprint density at radius 2 is 1.92 bits per heavy atom. The predicted octanol–water partition coefficient (Wildman–Crippen LogP) is 1.41. The number of nitrogens with one attached hydrogen (secondary N) is 3. The molecule has 0 aliphatic carbocycles. The summed E-state index contributed by atoms with van der Waals surface area (Å²) < 4.78 is 0. The molecule has 24 heavy (non-hydrogen) atoms. The maximum atomic E-state index is 11.5. The highest BCUT2D eigenvalue weighted by Crippen LogP contribution is 2.25. The molecule has 4 N–H and O–H groups in total. The van der Waals surface area contributed by atoms with Crippen LogP contribution in [0.2, 0.25) is 0 Å². The summed E-state index contributed by atoms with van der Waals surface area (Å²) in [6, 6.07) is 8.28. The zero-order valence-corrected chi connectivity index (χ0v) is 12.1. The van der Waals surface area contributed by atoms with Gasteiger partial charge in [-0.3, -0.25) is 15.4 Å². The summed E-state index contributed by atoms with van der Waals surface area (Å²) in [6.07, 6.45) is 1.35. The molecule has 1 saturated heterocycles. The van der Waals surface area contributed by atoms with Gasteiger partial charge in [0, 0.05) is 11.6 Å². The van der Waals surface area contributed by atoms with Crippen LogP contribution in [0.3, 0.4) is 0 Å². The van der Waals surface area contributed by atoms with Crippen molar-refractivity contribution in [2.75, 3.05) is 5.32 Å². The summed E-state index contributed by atoms with van der Waals surface area (Å²) in [5.74, 6) is -0.435. The lowest BCUT2D eigenvalue weighted by Gasteiger charge is -2.09. The SMILES string of the molecule is O=C(O)Nc1cnc(C=C2NC(=O)NC2=O)nc1-c1ccccc1. The summed E-state index contributed by atoms with van der Waals surface area (Å²) in [6.45, 7) is 0. The Morgan fingerprint density at radius 3 is 2.54 bits per heavy atom. The Labute approximate surface area is 135 Å². The number of imide groups is 1. The van der Waals surface area contributed by atoms with Crippen LogP contribution in [0.4, 0.5) is 15.3 Å². The van der Waals surface area contributed by atoms with Crippen LogP contribution in [0.15, 0.2) is 42.2 Å². The second kappa shape index (κ2) is 6.16. The van der Waals surface area contributed by atoms with Crippen LogP contribution >= 0.6 is 0 Å². The number of aromatic nitrogens is 2. The fourth-order valence-corrected chi connectivity index (χ4v) is 2.10. The number of hydrogen-bond acceptors (Lipinski definition) is 5. The van der Waals surface area contributed by atoms with Gasteiger partial charge in [0.15, 0.2) is 5.82 Å². The van der Waals surface area contributed by atoms with Crippen LogP contribution in [0.25, 0.3) is 17.3 Å². The van der Waals surface area contributed by atoms with E-state index < -0.39 is 18.0 Å². The second-order valence-electron chi connectivity index (χ2n) is 4.75. The van der Waals surface area contributed by atoms with E-state index in [-0.39, 0.29) is 17.2 Å². The van der Waals surface area contributed by atoms with Gasteiger partial charge in [0.25, 0.3) is 5.91 Å². The van der Waals surface area contributed by atoms with Crippen molar-refractivity contribution < 1.29 is 19.5 Å². The Morgan fingerprint density at radius 1 is 1.17 bits per heavy atom. The van der Waals surface area contributed by atoms with Crippen molar-refractivity contribution in [3.05, 3.63) is 48.1 Å². The van der Waals surface area contributed by atoms with E-state index >= 15 is 0 Å². The third-order valence-electron chi connectivity index (χ3n) is 3.09. The number of urea groups is 1. The molecule has 0 radical (unpaired) electrons. The number of carboxylic acid groups (broad SMARTS) is 1. The van der Waals surface area contributed by atoms with Gasteiger partial charge in [0.05, 0.1) is 17.6 Å². The van der Waals surface area contributed by atoms with E-state index in [0.717, 1.165) is 0 Å². The number of anilines is 1. The quantitative estimate of drug-likeness (QED) is 0.498. The second-order valence-corrected chi connectivity index (χ2v) is 4.75. The first-order valence-electron chi connectivity index (χ1n) is 6.79. The van der Waals surface area contributed by atoms with Crippen LogP contribution in [0.5, 0.6) is 0 Å². The molecule has 9 heteroatoms. The molecule has 0 unspecified atom stereocenters. The van der Waals surface area contributed by atoms with Gasteiger partial charge in [-0.05, 0) is 0 Å². The van der Waals surface area contributed by atoms with E-state index in [4.69, 9.17) is 5.11 Å². The molecule has 1 aliphatic rings. The Hall–Kier alpha value is -3.75. The van der Waals surface area contributed by atoms with Crippen molar-refractivity contribution in [1.29, 1.82) is 0 Å². The number of carbonyl (C=O) groups excluding carboxylic acids is 2. The fourth-order valence-electron chi connectivity index (χ4n) is 2.10. The van der Waals surface area contributed by atoms with Crippen LogP contribution in [-0.2, 0) is 4.79 Å². The van der Waals surface area contributed by atoms with Crippen molar-refractivity contribution >= 4 is 29.8 Å². The summed E-state index contributed by atoms with van der Waals surface area (Å²) >= 11 is 0. The van der Waals surface area contributed by atoms with Gasteiger partial charge in [0.2, 0.25) is 0 Å². The first-order valence-corrected chi connectivity index (χ1v) is 6.79. The maximum absolute atomic E-state index is 11.5. The van der Waals surface area contributed by atoms with E-state index in [1.54, 1.807) is 24.3 Å². The normalized spacial score (nSPS) is 15.1. The number of amides is 4. The van der Waals surface area contributed by atoms with Gasteiger partial charge in [-0.1, -0.05) is 30.3 Å². The van der Waals surface area contributed by atoms with Gasteiger partial charge in [-0.25, -0.2) is 19.6 Å². The fraction of sp³-hybridized carbons (Fsp3) is 0. The summed E-state index contributed by atoms with van der Waals surface area (Å²) in [7, 11) is 0. The molecule has 1 fully saturated rings. The molecule has 0 spiro atoms. The largest absolute Gasteiger partial charge is 0.465 e. The van der Waals surface area contributed by atoms with Crippen molar-refractivity contribution in [3.63, 3.8) is 0 Å². The average Bonchev–Trinajstić information content (AvgIpc) is 2.86. The Kier molecular flexibility index (Phi) is 3.89. The zero-order valence-electron chi connectivity index (χ0n) is 12.1. The number of carbonyl (C=O) groups is 3. The van der Waals surface area contributed by atoms with E-state index in [1.807, 2.05) is 6.07 Å². The molecule has 3 rings (SSSR count). The first-order chi connectivity index (χ1) is 11.5. The molecule has 0 bridgehead atoms.